The number of nitrogens with one attached hydrogen (secondary N) is 1. The molecule has 0 spiro atoms. The predicted molar refractivity (Wildman–Crippen MR) is 51.2 cm³/mol. The Labute approximate surface area is 78.2 Å². The Balaban J connectivity index is 2.55. The Morgan fingerprint density at radius 3 is 2.92 bits per heavy atom. The maximum atomic E-state index is 11.2. The number of rotatable bonds is 3. The third kappa shape index (κ3) is 2.86. The SMILES string of the molecule is CNC(=O)C(C)Cc1ccccn1. The molecule has 0 aromatic carbocycles. The van der Waals surface area contributed by atoms with E-state index >= 15 is 0 Å². The van der Waals surface area contributed by atoms with Crippen molar-refractivity contribution < 1.29 is 4.79 Å². The molecule has 70 valence electrons. The Morgan fingerprint density at radius 2 is 2.38 bits per heavy atom. The fraction of sp³-hybridized carbons (Fsp3) is 0.400. The summed E-state index contributed by atoms with van der Waals surface area (Å²) in [6.07, 6.45) is 2.44. The minimum absolute atomic E-state index is 0.0140. The molecule has 0 aliphatic carbocycles. The number of carbonyl (C=O) groups is 1. The van der Waals surface area contributed by atoms with Crippen LogP contribution in [0.25, 0.3) is 0 Å². The molecule has 13 heavy (non-hydrogen) atoms. The second-order valence-corrected chi connectivity index (χ2v) is 3.04. The molecule has 3 nitrogen and oxygen atoms in total. The van der Waals surface area contributed by atoms with Crippen LogP contribution >= 0.6 is 0 Å². The van der Waals surface area contributed by atoms with Crippen LogP contribution in [0.1, 0.15) is 12.6 Å². The summed E-state index contributed by atoms with van der Waals surface area (Å²) in [5.74, 6) is 0.0468. The minimum atomic E-state index is -0.0140. The zero-order valence-electron chi connectivity index (χ0n) is 7.95. The van der Waals surface area contributed by atoms with E-state index in [-0.39, 0.29) is 11.8 Å². The van der Waals surface area contributed by atoms with Gasteiger partial charge in [0.05, 0.1) is 0 Å². The normalized spacial score (nSPS) is 12.2. The quantitative estimate of drug-likeness (QED) is 0.750. The third-order valence-corrected chi connectivity index (χ3v) is 1.94. The molecule has 1 aromatic rings. The number of amides is 1. The molecule has 1 unspecified atom stereocenters. The van der Waals surface area contributed by atoms with Crippen LogP contribution < -0.4 is 5.32 Å². The van der Waals surface area contributed by atoms with Gasteiger partial charge in [-0.1, -0.05) is 13.0 Å². The van der Waals surface area contributed by atoms with E-state index in [1.54, 1.807) is 13.2 Å². The highest BCUT2D eigenvalue weighted by Gasteiger charge is 2.11. The van der Waals surface area contributed by atoms with Gasteiger partial charge in [0.1, 0.15) is 0 Å². The van der Waals surface area contributed by atoms with Crippen LogP contribution in [0.15, 0.2) is 24.4 Å². The van der Waals surface area contributed by atoms with Crippen molar-refractivity contribution in [2.75, 3.05) is 7.05 Å². The number of pyridine rings is 1. The molecular weight excluding hydrogens is 164 g/mol. The van der Waals surface area contributed by atoms with Crippen molar-refractivity contribution in [1.82, 2.24) is 10.3 Å². The topological polar surface area (TPSA) is 42.0 Å². The van der Waals surface area contributed by atoms with E-state index in [0.717, 1.165) is 5.69 Å². The summed E-state index contributed by atoms with van der Waals surface area (Å²) in [7, 11) is 1.65. The summed E-state index contributed by atoms with van der Waals surface area (Å²) in [6, 6.07) is 5.73. The first-order valence-electron chi connectivity index (χ1n) is 4.35. The molecule has 0 radical (unpaired) electrons. The smallest absolute Gasteiger partial charge is 0.222 e. The van der Waals surface area contributed by atoms with Crippen molar-refractivity contribution in [3.8, 4) is 0 Å². The molecule has 1 amide bonds. The lowest BCUT2D eigenvalue weighted by atomic mass is 10.0. The van der Waals surface area contributed by atoms with E-state index in [4.69, 9.17) is 0 Å². The summed E-state index contributed by atoms with van der Waals surface area (Å²) in [5.41, 5.74) is 0.957. The summed E-state index contributed by atoms with van der Waals surface area (Å²) < 4.78 is 0. The zero-order valence-corrected chi connectivity index (χ0v) is 7.95. The first-order chi connectivity index (χ1) is 6.24. The van der Waals surface area contributed by atoms with Gasteiger partial charge >= 0.3 is 0 Å². The number of hydrogen-bond donors (Lipinski definition) is 1. The molecule has 0 bridgehead atoms. The van der Waals surface area contributed by atoms with Gasteiger partial charge in [-0.2, -0.15) is 0 Å². The van der Waals surface area contributed by atoms with Crippen LogP contribution in [0.5, 0.6) is 0 Å². The molecule has 1 rings (SSSR count). The average molecular weight is 178 g/mol. The number of nitrogens with zero attached hydrogens (tertiary/aromatic N) is 1. The molecule has 1 aromatic heterocycles. The van der Waals surface area contributed by atoms with Crippen LogP contribution in [-0.4, -0.2) is 17.9 Å². The number of carbonyl (C=O) groups excluding carboxylic acids is 1. The van der Waals surface area contributed by atoms with Gasteiger partial charge < -0.3 is 5.32 Å². The molecule has 1 atom stereocenters. The van der Waals surface area contributed by atoms with E-state index in [2.05, 4.69) is 10.3 Å². The summed E-state index contributed by atoms with van der Waals surface area (Å²) >= 11 is 0. The average Bonchev–Trinajstić information content (AvgIpc) is 2.18. The lowest BCUT2D eigenvalue weighted by Gasteiger charge is -2.08. The molecule has 0 aliphatic rings. The maximum absolute atomic E-state index is 11.2. The number of hydrogen-bond acceptors (Lipinski definition) is 2. The lowest BCUT2D eigenvalue weighted by Crippen LogP contribution is -2.26. The van der Waals surface area contributed by atoms with Gasteiger partial charge in [-0.25, -0.2) is 0 Å². The van der Waals surface area contributed by atoms with Crippen LogP contribution in [-0.2, 0) is 11.2 Å². The van der Waals surface area contributed by atoms with Crippen molar-refractivity contribution >= 4 is 5.91 Å². The Kier molecular flexibility index (Phi) is 3.43. The van der Waals surface area contributed by atoms with Crippen LogP contribution in [0, 0.1) is 5.92 Å². The highest BCUT2D eigenvalue weighted by Crippen LogP contribution is 2.04. The molecule has 0 saturated carbocycles. The highest BCUT2D eigenvalue weighted by molar-refractivity contribution is 5.78. The maximum Gasteiger partial charge on any atom is 0.222 e. The standard InChI is InChI=1S/C10H14N2O/c1-8(10(13)11-2)7-9-5-3-4-6-12-9/h3-6,8H,7H2,1-2H3,(H,11,13). The fourth-order valence-corrected chi connectivity index (χ4v) is 1.17. The van der Waals surface area contributed by atoms with E-state index in [1.807, 2.05) is 25.1 Å². The minimum Gasteiger partial charge on any atom is -0.359 e. The molecule has 1 heterocycles. The van der Waals surface area contributed by atoms with Crippen LogP contribution in [0.4, 0.5) is 0 Å². The van der Waals surface area contributed by atoms with Crippen molar-refractivity contribution in [2.45, 2.75) is 13.3 Å². The monoisotopic (exact) mass is 178 g/mol. The van der Waals surface area contributed by atoms with E-state index in [0.29, 0.717) is 6.42 Å². The van der Waals surface area contributed by atoms with Gasteiger partial charge in [0.2, 0.25) is 5.91 Å². The van der Waals surface area contributed by atoms with Gasteiger partial charge in [-0.05, 0) is 12.1 Å². The van der Waals surface area contributed by atoms with Crippen molar-refractivity contribution in [2.24, 2.45) is 5.92 Å². The predicted octanol–water partition coefficient (Wildman–Crippen LogP) is 1.01. The van der Waals surface area contributed by atoms with Crippen molar-refractivity contribution in [3.05, 3.63) is 30.1 Å². The Morgan fingerprint density at radius 1 is 1.62 bits per heavy atom. The second-order valence-electron chi connectivity index (χ2n) is 3.04. The van der Waals surface area contributed by atoms with Crippen molar-refractivity contribution in [3.63, 3.8) is 0 Å². The second kappa shape index (κ2) is 4.60. The molecule has 1 N–H and O–H groups in total. The molecule has 0 aliphatic heterocycles. The summed E-state index contributed by atoms with van der Waals surface area (Å²) in [4.78, 5) is 15.3. The Hall–Kier alpha value is -1.38. The van der Waals surface area contributed by atoms with E-state index in [9.17, 15) is 4.79 Å². The third-order valence-electron chi connectivity index (χ3n) is 1.94. The zero-order chi connectivity index (χ0) is 9.68. The molecular formula is C10H14N2O. The fourth-order valence-electron chi connectivity index (χ4n) is 1.17. The molecule has 0 fully saturated rings. The van der Waals surface area contributed by atoms with Gasteiger partial charge in [0.25, 0.3) is 0 Å². The lowest BCUT2D eigenvalue weighted by molar-refractivity contribution is -0.123. The molecule has 3 heteroatoms. The Bertz CT molecular complexity index is 272. The van der Waals surface area contributed by atoms with Gasteiger partial charge in [-0.15, -0.1) is 0 Å². The first kappa shape index (κ1) is 9.71. The molecule has 0 saturated heterocycles. The van der Waals surface area contributed by atoms with Gasteiger partial charge in [0.15, 0.2) is 0 Å². The summed E-state index contributed by atoms with van der Waals surface area (Å²) in [5, 5.41) is 2.62. The highest BCUT2D eigenvalue weighted by atomic mass is 16.1. The largest absolute Gasteiger partial charge is 0.359 e. The van der Waals surface area contributed by atoms with Crippen molar-refractivity contribution in [1.29, 1.82) is 0 Å². The van der Waals surface area contributed by atoms with Gasteiger partial charge in [0, 0.05) is 31.3 Å². The van der Waals surface area contributed by atoms with Gasteiger partial charge in [-0.3, -0.25) is 9.78 Å². The number of aromatic nitrogens is 1. The summed E-state index contributed by atoms with van der Waals surface area (Å²) in [6.45, 7) is 1.90. The van der Waals surface area contributed by atoms with Crippen LogP contribution in [0.2, 0.25) is 0 Å². The van der Waals surface area contributed by atoms with E-state index in [1.165, 1.54) is 0 Å². The van der Waals surface area contributed by atoms with E-state index < -0.39 is 0 Å². The van der Waals surface area contributed by atoms with Crippen LogP contribution in [0.3, 0.4) is 0 Å². The first-order valence-corrected chi connectivity index (χ1v) is 4.35.